The number of pyridine rings is 1. The molecular weight excluding hydrogens is 263 g/mol. The first-order chi connectivity index (χ1) is 8.74. The molecule has 1 rings (SSSR count). The van der Waals surface area contributed by atoms with Gasteiger partial charge < -0.3 is 4.90 Å². The summed E-state index contributed by atoms with van der Waals surface area (Å²) in [5.41, 5.74) is 0.232. The zero-order chi connectivity index (χ0) is 14.6. The summed E-state index contributed by atoms with van der Waals surface area (Å²) < 4.78 is 36.5. The Kier molecular flexibility index (Phi) is 4.68. The number of nitro groups is 1. The first-order valence-electron chi connectivity index (χ1n) is 5.67. The van der Waals surface area contributed by atoms with Crippen molar-refractivity contribution in [2.45, 2.75) is 26.4 Å². The molecule has 0 saturated carbocycles. The summed E-state index contributed by atoms with van der Waals surface area (Å²) in [6, 6.07) is 1.43. The van der Waals surface area contributed by atoms with Crippen molar-refractivity contribution in [2.24, 2.45) is 0 Å². The Bertz CT molecular complexity index is 463. The highest BCUT2D eigenvalue weighted by atomic mass is 19.4. The molecule has 0 spiro atoms. The summed E-state index contributed by atoms with van der Waals surface area (Å²) >= 11 is 0. The first kappa shape index (κ1) is 15.2. The van der Waals surface area contributed by atoms with Crippen molar-refractivity contribution in [3.05, 3.63) is 27.9 Å². The van der Waals surface area contributed by atoms with Gasteiger partial charge in [-0.05, 0) is 19.9 Å². The number of aryl methyl sites for hydroxylation is 1. The van der Waals surface area contributed by atoms with Crippen LogP contribution in [0.15, 0.2) is 12.3 Å². The smallest absolute Gasteiger partial charge is 0.357 e. The van der Waals surface area contributed by atoms with Crippen molar-refractivity contribution in [3.63, 3.8) is 0 Å². The van der Waals surface area contributed by atoms with Crippen molar-refractivity contribution in [1.82, 2.24) is 4.98 Å². The highest BCUT2D eigenvalue weighted by Gasteiger charge is 2.28. The molecule has 0 aromatic carbocycles. The number of nitrogens with zero attached hydrogens (tertiary/aromatic N) is 3. The molecule has 0 radical (unpaired) electrons. The fraction of sp³-hybridized carbons (Fsp3) is 0.545. The van der Waals surface area contributed by atoms with Crippen LogP contribution in [0.3, 0.4) is 0 Å². The van der Waals surface area contributed by atoms with E-state index in [-0.39, 0.29) is 12.2 Å². The maximum Gasteiger partial charge on any atom is 0.390 e. The van der Waals surface area contributed by atoms with Crippen LogP contribution in [-0.2, 0) is 0 Å². The zero-order valence-electron chi connectivity index (χ0n) is 10.6. The van der Waals surface area contributed by atoms with Gasteiger partial charge in [-0.25, -0.2) is 4.98 Å². The monoisotopic (exact) mass is 277 g/mol. The summed E-state index contributed by atoms with van der Waals surface area (Å²) in [7, 11) is 0. The van der Waals surface area contributed by atoms with E-state index in [1.54, 1.807) is 6.92 Å². The Hall–Kier alpha value is -1.86. The maximum atomic E-state index is 12.2. The highest BCUT2D eigenvalue weighted by Crippen LogP contribution is 2.24. The zero-order valence-corrected chi connectivity index (χ0v) is 10.6. The van der Waals surface area contributed by atoms with Crippen molar-refractivity contribution in [1.29, 1.82) is 0 Å². The van der Waals surface area contributed by atoms with Crippen molar-refractivity contribution in [2.75, 3.05) is 18.0 Å². The van der Waals surface area contributed by atoms with E-state index in [1.807, 2.05) is 0 Å². The number of anilines is 1. The number of hydrogen-bond donors (Lipinski definition) is 0. The summed E-state index contributed by atoms with van der Waals surface area (Å²) in [4.78, 5) is 15.3. The van der Waals surface area contributed by atoms with E-state index in [1.165, 1.54) is 17.9 Å². The van der Waals surface area contributed by atoms with Crippen LogP contribution in [0, 0.1) is 17.0 Å². The van der Waals surface area contributed by atoms with Crippen molar-refractivity contribution in [3.8, 4) is 0 Å². The van der Waals surface area contributed by atoms with Gasteiger partial charge in [0.1, 0.15) is 12.0 Å². The molecule has 0 bridgehead atoms. The number of halogens is 3. The van der Waals surface area contributed by atoms with Crippen LogP contribution < -0.4 is 4.90 Å². The predicted molar refractivity (Wildman–Crippen MR) is 64.2 cm³/mol. The van der Waals surface area contributed by atoms with Crippen LogP contribution in [0.2, 0.25) is 0 Å². The topological polar surface area (TPSA) is 59.3 Å². The van der Waals surface area contributed by atoms with Crippen LogP contribution in [0.1, 0.15) is 18.9 Å². The number of aromatic nitrogens is 1. The molecule has 0 unspecified atom stereocenters. The van der Waals surface area contributed by atoms with Gasteiger partial charge in [0.15, 0.2) is 0 Å². The first-order valence-corrected chi connectivity index (χ1v) is 5.67. The third-order valence-corrected chi connectivity index (χ3v) is 2.64. The van der Waals surface area contributed by atoms with E-state index in [2.05, 4.69) is 4.98 Å². The molecule has 1 heterocycles. The van der Waals surface area contributed by atoms with Gasteiger partial charge in [0.05, 0.1) is 11.3 Å². The molecule has 1 aromatic heterocycles. The Morgan fingerprint density at radius 3 is 2.53 bits per heavy atom. The molecule has 0 aliphatic rings. The Morgan fingerprint density at radius 1 is 1.47 bits per heavy atom. The number of alkyl halides is 3. The highest BCUT2D eigenvalue weighted by molar-refractivity contribution is 5.48. The largest absolute Gasteiger partial charge is 0.390 e. The molecule has 1 aromatic rings. The molecule has 19 heavy (non-hydrogen) atoms. The second-order valence-corrected chi connectivity index (χ2v) is 4.03. The molecule has 0 aliphatic carbocycles. The predicted octanol–water partition coefficient (Wildman–Crippen LogP) is 3.08. The summed E-state index contributed by atoms with van der Waals surface area (Å²) in [5, 5.41) is 10.6. The van der Waals surface area contributed by atoms with E-state index in [4.69, 9.17) is 0 Å². The molecular formula is C11H14F3N3O2. The van der Waals surface area contributed by atoms with Crippen LogP contribution in [0.4, 0.5) is 24.7 Å². The third-order valence-electron chi connectivity index (χ3n) is 2.64. The van der Waals surface area contributed by atoms with Gasteiger partial charge in [-0.2, -0.15) is 13.2 Å². The lowest BCUT2D eigenvalue weighted by Crippen LogP contribution is -2.28. The Balaban J connectivity index is 2.88. The van der Waals surface area contributed by atoms with E-state index in [9.17, 15) is 23.3 Å². The molecule has 0 amide bonds. The van der Waals surface area contributed by atoms with Gasteiger partial charge in [-0.1, -0.05) is 0 Å². The minimum Gasteiger partial charge on any atom is -0.357 e. The molecule has 5 nitrogen and oxygen atoms in total. The van der Waals surface area contributed by atoms with Gasteiger partial charge in [-0.3, -0.25) is 10.1 Å². The van der Waals surface area contributed by atoms with Gasteiger partial charge in [-0.15, -0.1) is 0 Å². The van der Waals surface area contributed by atoms with Crippen molar-refractivity contribution < 1.29 is 18.1 Å². The number of rotatable bonds is 5. The quantitative estimate of drug-likeness (QED) is 0.613. The molecule has 0 N–H and O–H groups in total. The average molecular weight is 277 g/mol. The molecule has 106 valence electrons. The third kappa shape index (κ3) is 4.38. The van der Waals surface area contributed by atoms with Crippen LogP contribution in [0.25, 0.3) is 0 Å². The molecule has 0 aliphatic heterocycles. The maximum absolute atomic E-state index is 12.2. The van der Waals surface area contributed by atoms with Gasteiger partial charge in [0.25, 0.3) is 5.69 Å². The van der Waals surface area contributed by atoms with E-state index >= 15 is 0 Å². The second-order valence-electron chi connectivity index (χ2n) is 4.03. The van der Waals surface area contributed by atoms with Gasteiger partial charge in [0, 0.05) is 18.7 Å². The fourth-order valence-corrected chi connectivity index (χ4v) is 1.59. The SMILES string of the molecule is CCN(CCC(F)(F)F)c1cc(C)c([N+](=O)[O-])cn1. The van der Waals surface area contributed by atoms with Crippen molar-refractivity contribution >= 4 is 11.5 Å². The summed E-state index contributed by atoms with van der Waals surface area (Å²) in [5.74, 6) is 0.315. The average Bonchev–Trinajstić information content (AvgIpc) is 2.27. The lowest BCUT2D eigenvalue weighted by Gasteiger charge is -2.22. The van der Waals surface area contributed by atoms with Gasteiger partial charge in [0.2, 0.25) is 0 Å². The van der Waals surface area contributed by atoms with Crippen LogP contribution in [-0.4, -0.2) is 29.2 Å². The summed E-state index contributed by atoms with van der Waals surface area (Å²) in [6.07, 6.45) is -4.11. The van der Waals surface area contributed by atoms with Gasteiger partial charge >= 0.3 is 6.18 Å². The normalized spacial score (nSPS) is 11.4. The minimum atomic E-state index is -4.23. The van der Waals surface area contributed by atoms with Crippen LogP contribution >= 0.6 is 0 Å². The molecule has 0 saturated heterocycles. The van der Waals surface area contributed by atoms with E-state index in [0.717, 1.165) is 6.20 Å². The lowest BCUT2D eigenvalue weighted by molar-refractivity contribution is -0.385. The van der Waals surface area contributed by atoms with E-state index < -0.39 is 17.5 Å². The lowest BCUT2D eigenvalue weighted by atomic mass is 10.2. The number of hydrogen-bond acceptors (Lipinski definition) is 4. The Labute approximate surface area is 108 Å². The molecule has 8 heteroatoms. The fourth-order valence-electron chi connectivity index (χ4n) is 1.59. The molecule has 0 fully saturated rings. The summed E-state index contributed by atoms with van der Waals surface area (Å²) in [6.45, 7) is 3.36. The second kappa shape index (κ2) is 5.85. The Morgan fingerprint density at radius 2 is 2.11 bits per heavy atom. The standard InChI is InChI=1S/C11H14F3N3O2/c1-3-16(5-4-11(12,13)14)10-6-8(2)9(7-15-10)17(18)19/h6-7H,3-5H2,1-2H3. The minimum absolute atomic E-state index is 0.143. The molecule has 0 atom stereocenters. The van der Waals surface area contributed by atoms with Crippen LogP contribution in [0.5, 0.6) is 0 Å². The van der Waals surface area contributed by atoms with E-state index in [0.29, 0.717) is 17.9 Å².